The molecule has 4 aromatic rings. The topological polar surface area (TPSA) is 80.3 Å². The van der Waals surface area contributed by atoms with E-state index in [9.17, 15) is 9.59 Å². The molecule has 8 heteroatoms. The molecule has 0 aliphatic rings. The van der Waals surface area contributed by atoms with Gasteiger partial charge in [-0.2, -0.15) is 0 Å². The average molecular weight is 544 g/mol. The Morgan fingerprint density at radius 1 is 1.00 bits per heavy atom. The lowest BCUT2D eigenvalue weighted by Gasteiger charge is -2.14. The number of hydrogen-bond donors (Lipinski definition) is 2. The van der Waals surface area contributed by atoms with E-state index in [1.54, 1.807) is 6.08 Å². The highest BCUT2D eigenvalue weighted by Gasteiger charge is 2.20. The molecular weight excluding hydrogens is 514 g/mol. The van der Waals surface area contributed by atoms with Crippen molar-refractivity contribution in [1.29, 1.82) is 0 Å². The summed E-state index contributed by atoms with van der Waals surface area (Å²) < 4.78 is 5.50. The molecule has 0 aliphatic heterocycles. The maximum atomic E-state index is 13.0. The summed E-state index contributed by atoms with van der Waals surface area (Å²) >= 11 is 2.85. The van der Waals surface area contributed by atoms with Crippen molar-refractivity contribution >= 4 is 51.8 Å². The van der Waals surface area contributed by atoms with E-state index in [2.05, 4.69) is 15.6 Å². The summed E-state index contributed by atoms with van der Waals surface area (Å²) in [5.41, 5.74) is 3.39. The first-order chi connectivity index (χ1) is 18.5. The highest BCUT2D eigenvalue weighted by Crippen LogP contribution is 2.30. The molecule has 194 valence electrons. The summed E-state index contributed by atoms with van der Waals surface area (Å²) in [7, 11) is 0. The Kier molecular flexibility index (Phi) is 9.72. The molecule has 0 bridgehead atoms. The minimum Gasteiger partial charge on any atom is -0.494 e. The maximum Gasteiger partial charge on any atom is 0.248 e. The van der Waals surface area contributed by atoms with Crippen LogP contribution < -0.4 is 15.4 Å². The monoisotopic (exact) mass is 543 g/mol. The van der Waals surface area contributed by atoms with E-state index in [4.69, 9.17) is 4.74 Å². The molecule has 0 fully saturated rings. The second-order valence-corrected chi connectivity index (χ2v) is 10.4. The van der Waals surface area contributed by atoms with Crippen molar-refractivity contribution in [2.75, 3.05) is 17.2 Å². The summed E-state index contributed by atoms with van der Waals surface area (Å²) in [5, 5.41) is 8.02. The van der Waals surface area contributed by atoms with Crippen molar-refractivity contribution in [2.24, 2.45) is 0 Å². The molecule has 0 saturated heterocycles. The number of carbonyl (C=O) groups is 2. The molecule has 0 radical (unpaired) electrons. The molecule has 1 aromatic heterocycles. The quantitative estimate of drug-likeness (QED) is 0.152. The Hall–Kier alpha value is -3.88. The van der Waals surface area contributed by atoms with Crippen molar-refractivity contribution in [2.45, 2.75) is 30.4 Å². The fourth-order valence-electron chi connectivity index (χ4n) is 3.59. The van der Waals surface area contributed by atoms with Crippen molar-refractivity contribution in [3.05, 3.63) is 95.9 Å². The molecule has 2 amide bonds. The van der Waals surface area contributed by atoms with Gasteiger partial charge >= 0.3 is 0 Å². The second kappa shape index (κ2) is 13.6. The van der Waals surface area contributed by atoms with Crippen LogP contribution in [-0.2, 0) is 9.59 Å². The molecule has 1 atom stereocenters. The first-order valence-electron chi connectivity index (χ1n) is 12.3. The molecule has 0 aliphatic carbocycles. The van der Waals surface area contributed by atoms with Crippen molar-refractivity contribution in [1.82, 2.24) is 4.98 Å². The SMILES string of the molecule is CCOc1ccc(-c2csc(NC(=O)C(CC)Sc3cccc(NC(=O)/C=C/c4ccccc4)c3)n2)cc1. The minimum absolute atomic E-state index is 0.106. The summed E-state index contributed by atoms with van der Waals surface area (Å²) in [5.74, 6) is 0.494. The summed E-state index contributed by atoms with van der Waals surface area (Å²) in [6.07, 6.45) is 3.92. The lowest BCUT2D eigenvalue weighted by atomic mass is 10.2. The molecule has 6 nitrogen and oxygen atoms in total. The van der Waals surface area contributed by atoms with Gasteiger partial charge in [-0.25, -0.2) is 4.98 Å². The van der Waals surface area contributed by atoms with Crippen LogP contribution in [0.5, 0.6) is 5.75 Å². The number of ether oxygens (including phenoxy) is 1. The van der Waals surface area contributed by atoms with Crippen LogP contribution in [0, 0.1) is 0 Å². The number of carbonyl (C=O) groups excluding carboxylic acids is 2. The molecule has 2 N–H and O–H groups in total. The number of nitrogens with one attached hydrogen (secondary N) is 2. The lowest BCUT2D eigenvalue weighted by molar-refractivity contribution is -0.115. The Balaban J connectivity index is 1.34. The zero-order chi connectivity index (χ0) is 26.7. The Bertz CT molecular complexity index is 1390. The Morgan fingerprint density at radius 3 is 2.53 bits per heavy atom. The largest absolute Gasteiger partial charge is 0.494 e. The van der Waals surface area contributed by atoms with Gasteiger partial charge < -0.3 is 15.4 Å². The Labute approximate surface area is 231 Å². The Morgan fingerprint density at radius 2 is 1.79 bits per heavy atom. The summed E-state index contributed by atoms with van der Waals surface area (Å²) in [4.78, 5) is 30.9. The molecule has 4 rings (SSSR count). The smallest absolute Gasteiger partial charge is 0.248 e. The van der Waals surface area contributed by atoms with Crippen LogP contribution in [0.15, 0.2) is 95.2 Å². The predicted molar refractivity (Wildman–Crippen MR) is 158 cm³/mol. The third kappa shape index (κ3) is 7.81. The normalized spacial score (nSPS) is 11.7. The van der Waals surface area contributed by atoms with E-state index in [1.807, 2.05) is 98.1 Å². The first kappa shape index (κ1) is 27.2. The highest BCUT2D eigenvalue weighted by molar-refractivity contribution is 8.00. The van der Waals surface area contributed by atoms with Gasteiger partial charge in [0, 0.05) is 27.6 Å². The fraction of sp³-hybridized carbons (Fsp3) is 0.167. The van der Waals surface area contributed by atoms with Gasteiger partial charge in [0.05, 0.1) is 17.6 Å². The van der Waals surface area contributed by atoms with Crippen LogP contribution in [0.3, 0.4) is 0 Å². The van der Waals surface area contributed by atoms with Crippen molar-refractivity contribution < 1.29 is 14.3 Å². The van der Waals surface area contributed by atoms with Gasteiger partial charge in [-0.3, -0.25) is 9.59 Å². The average Bonchev–Trinajstić information content (AvgIpc) is 3.40. The zero-order valence-corrected chi connectivity index (χ0v) is 22.9. The highest BCUT2D eigenvalue weighted by atomic mass is 32.2. The van der Waals surface area contributed by atoms with Gasteiger partial charge in [-0.1, -0.05) is 43.3 Å². The summed E-state index contributed by atoms with van der Waals surface area (Å²) in [6, 6.07) is 24.9. The molecule has 1 unspecified atom stereocenters. The van der Waals surface area contributed by atoms with E-state index in [1.165, 1.54) is 29.2 Å². The molecule has 3 aromatic carbocycles. The first-order valence-corrected chi connectivity index (χ1v) is 14.1. The predicted octanol–water partition coefficient (Wildman–Crippen LogP) is 7.37. The van der Waals surface area contributed by atoms with E-state index in [0.717, 1.165) is 27.5 Å². The van der Waals surface area contributed by atoms with Gasteiger partial charge in [0.15, 0.2) is 5.13 Å². The van der Waals surface area contributed by atoms with E-state index < -0.39 is 0 Å². The second-order valence-electron chi connectivity index (χ2n) is 8.26. The minimum atomic E-state index is -0.309. The third-order valence-electron chi connectivity index (χ3n) is 5.47. The van der Waals surface area contributed by atoms with Crippen LogP contribution >= 0.6 is 23.1 Å². The third-order valence-corrected chi connectivity index (χ3v) is 7.58. The van der Waals surface area contributed by atoms with Gasteiger partial charge in [0.25, 0.3) is 0 Å². The molecule has 1 heterocycles. The molecular formula is C30H29N3O3S2. The number of benzene rings is 3. The van der Waals surface area contributed by atoms with Crippen LogP contribution in [0.1, 0.15) is 25.8 Å². The standard InChI is InChI=1S/C30H29N3O3S2/c1-3-27(29(35)33-30-32-26(20-37-30)22-14-16-24(17-15-22)36-4-2)38-25-12-8-11-23(19-25)31-28(34)18-13-21-9-6-5-7-10-21/h5-20,27H,3-4H2,1-2H3,(H,31,34)(H,32,33,35)/b18-13+. The van der Waals surface area contributed by atoms with Crippen molar-refractivity contribution in [3.8, 4) is 17.0 Å². The maximum absolute atomic E-state index is 13.0. The van der Waals surface area contributed by atoms with Gasteiger partial charge in [0.2, 0.25) is 11.8 Å². The lowest BCUT2D eigenvalue weighted by Crippen LogP contribution is -2.24. The van der Waals surface area contributed by atoms with Crippen LogP contribution in [0.4, 0.5) is 10.8 Å². The zero-order valence-electron chi connectivity index (χ0n) is 21.2. The van der Waals surface area contributed by atoms with E-state index >= 15 is 0 Å². The van der Waals surface area contributed by atoms with Gasteiger partial charge in [-0.05, 0) is 67.4 Å². The van der Waals surface area contributed by atoms with E-state index in [-0.39, 0.29) is 17.1 Å². The number of aromatic nitrogens is 1. The molecule has 0 spiro atoms. The number of thiazole rings is 1. The number of thioether (sulfide) groups is 1. The fourth-order valence-corrected chi connectivity index (χ4v) is 5.33. The number of hydrogen-bond acceptors (Lipinski definition) is 6. The molecule has 0 saturated carbocycles. The number of anilines is 2. The molecule has 38 heavy (non-hydrogen) atoms. The number of amides is 2. The van der Waals surface area contributed by atoms with Crippen LogP contribution in [-0.4, -0.2) is 28.7 Å². The van der Waals surface area contributed by atoms with E-state index in [0.29, 0.717) is 23.8 Å². The number of nitrogens with zero attached hydrogens (tertiary/aromatic N) is 1. The van der Waals surface area contributed by atoms with Crippen LogP contribution in [0.2, 0.25) is 0 Å². The van der Waals surface area contributed by atoms with Crippen LogP contribution in [0.25, 0.3) is 17.3 Å². The van der Waals surface area contributed by atoms with Gasteiger partial charge in [-0.15, -0.1) is 23.1 Å². The van der Waals surface area contributed by atoms with Gasteiger partial charge in [0.1, 0.15) is 5.75 Å². The van der Waals surface area contributed by atoms with Crippen molar-refractivity contribution in [3.63, 3.8) is 0 Å². The summed E-state index contributed by atoms with van der Waals surface area (Å²) in [6.45, 7) is 4.55. The number of rotatable bonds is 11.